The maximum atomic E-state index is 12.3. The average molecular weight is 318 g/mol. The van der Waals surface area contributed by atoms with E-state index in [9.17, 15) is 4.79 Å². The molecule has 1 aliphatic rings. The predicted octanol–water partition coefficient (Wildman–Crippen LogP) is 2.18. The van der Waals surface area contributed by atoms with Crippen LogP contribution in [0.5, 0.6) is 0 Å². The number of aromatic amines is 1. The highest BCUT2D eigenvalue weighted by molar-refractivity contribution is 7.16. The summed E-state index contributed by atoms with van der Waals surface area (Å²) in [5, 5.41) is 15.4. The zero-order valence-corrected chi connectivity index (χ0v) is 13.3. The van der Waals surface area contributed by atoms with E-state index in [-0.39, 0.29) is 5.56 Å². The molecule has 0 aromatic carbocycles. The van der Waals surface area contributed by atoms with Gasteiger partial charge >= 0.3 is 5.56 Å². The fraction of sp³-hybridized carbons (Fsp3) is 0.643. The van der Waals surface area contributed by atoms with Crippen molar-refractivity contribution in [3.8, 4) is 0 Å². The van der Waals surface area contributed by atoms with Gasteiger partial charge in [-0.25, -0.2) is 0 Å². The van der Waals surface area contributed by atoms with E-state index in [0.29, 0.717) is 16.1 Å². The van der Waals surface area contributed by atoms with Crippen LogP contribution in [0.4, 0.5) is 0 Å². The zero-order valence-electron chi connectivity index (χ0n) is 12.4. The third-order valence-corrected chi connectivity index (χ3v) is 5.52. The highest BCUT2D eigenvalue weighted by Crippen LogP contribution is 2.31. The Morgan fingerprint density at radius 1 is 1.41 bits per heavy atom. The fourth-order valence-electron chi connectivity index (χ4n) is 3.42. The highest BCUT2D eigenvalue weighted by Gasteiger charge is 2.20. The topological polar surface area (TPSA) is 88.8 Å². The minimum atomic E-state index is -0.223. The van der Waals surface area contributed by atoms with E-state index in [1.54, 1.807) is 0 Å². The summed E-state index contributed by atoms with van der Waals surface area (Å²) >= 11 is 1.48. The van der Waals surface area contributed by atoms with E-state index in [1.165, 1.54) is 41.5 Å². The Morgan fingerprint density at radius 2 is 2.32 bits per heavy atom. The summed E-state index contributed by atoms with van der Waals surface area (Å²) in [6.45, 7) is 2.34. The van der Waals surface area contributed by atoms with Crippen LogP contribution in [0.1, 0.15) is 44.0 Å². The molecule has 4 rings (SSSR count). The molecule has 8 heteroatoms. The molecule has 1 N–H and O–H groups in total. The molecule has 0 aliphatic heterocycles. The summed E-state index contributed by atoms with van der Waals surface area (Å²) in [5.74, 6) is 1.64. The Balaban J connectivity index is 1.57. The zero-order chi connectivity index (χ0) is 15.1. The molecule has 0 saturated heterocycles. The second-order valence-corrected chi connectivity index (χ2v) is 7.33. The van der Waals surface area contributed by atoms with Crippen molar-refractivity contribution in [2.75, 3.05) is 0 Å². The summed E-state index contributed by atoms with van der Waals surface area (Å²) in [6.07, 6.45) is 7.43. The van der Waals surface area contributed by atoms with Gasteiger partial charge in [-0.05, 0) is 24.7 Å². The molecular weight excluding hydrogens is 300 g/mol. The van der Waals surface area contributed by atoms with Gasteiger partial charge in [-0.2, -0.15) is 14.6 Å². The fourth-order valence-corrected chi connectivity index (χ4v) is 4.31. The largest absolute Gasteiger partial charge is 0.302 e. The van der Waals surface area contributed by atoms with Crippen LogP contribution in [0, 0.1) is 11.8 Å². The van der Waals surface area contributed by atoms with Crippen molar-refractivity contribution in [3.63, 3.8) is 0 Å². The van der Waals surface area contributed by atoms with Gasteiger partial charge in [0.1, 0.15) is 5.01 Å². The molecule has 1 fully saturated rings. The third-order valence-electron chi connectivity index (χ3n) is 4.55. The van der Waals surface area contributed by atoms with Crippen LogP contribution in [0.2, 0.25) is 0 Å². The minimum absolute atomic E-state index is 0.223. The number of hydrogen-bond donors (Lipinski definition) is 1. The van der Waals surface area contributed by atoms with Crippen molar-refractivity contribution in [2.24, 2.45) is 11.8 Å². The number of rotatable bonds is 3. The summed E-state index contributed by atoms with van der Waals surface area (Å²) in [5.41, 5.74) is 0.454. The van der Waals surface area contributed by atoms with Crippen LogP contribution in [0.25, 0.3) is 16.1 Å². The summed E-state index contributed by atoms with van der Waals surface area (Å²) in [4.78, 5) is 17.2. The molecule has 2 atom stereocenters. The molecule has 22 heavy (non-hydrogen) atoms. The Labute approximate surface area is 130 Å². The Morgan fingerprint density at radius 3 is 3.18 bits per heavy atom. The van der Waals surface area contributed by atoms with E-state index in [4.69, 9.17) is 0 Å². The molecule has 0 radical (unpaired) electrons. The van der Waals surface area contributed by atoms with Gasteiger partial charge in [0, 0.05) is 6.42 Å². The van der Waals surface area contributed by atoms with Crippen molar-refractivity contribution in [1.82, 2.24) is 30.0 Å². The monoisotopic (exact) mass is 318 g/mol. The van der Waals surface area contributed by atoms with Crippen molar-refractivity contribution in [2.45, 2.75) is 45.4 Å². The lowest BCUT2D eigenvalue weighted by molar-refractivity contribution is 0.270. The number of H-pyrrole nitrogens is 1. The number of hydrogen-bond acceptors (Lipinski definition) is 6. The van der Waals surface area contributed by atoms with Crippen LogP contribution in [0.3, 0.4) is 0 Å². The van der Waals surface area contributed by atoms with Gasteiger partial charge in [-0.1, -0.05) is 42.7 Å². The van der Waals surface area contributed by atoms with Gasteiger partial charge < -0.3 is 0 Å². The predicted molar refractivity (Wildman–Crippen MR) is 84.0 cm³/mol. The smallest absolute Gasteiger partial charge is 0.265 e. The standard InChI is InChI=1S/C14H18N6OS/c1-8-3-2-4-9(7-8)5-6-10-18-20-13(21)11-12(17-19-16-11)15-14(20)22-10/h8-9H,2-7H2,1H3,(H,16,17,19)/t8-,9-/m0/s1. The van der Waals surface area contributed by atoms with Crippen LogP contribution in [0.15, 0.2) is 4.79 Å². The average Bonchev–Trinajstić information content (AvgIpc) is 3.12. The lowest BCUT2D eigenvalue weighted by atomic mass is 9.80. The molecule has 1 saturated carbocycles. The number of fused-ring (bicyclic) bond motifs is 2. The van der Waals surface area contributed by atoms with Crippen LogP contribution < -0.4 is 5.56 Å². The number of nitrogens with zero attached hydrogens (tertiary/aromatic N) is 5. The number of nitrogens with one attached hydrogen (secondary N) is 1. The molecule has 116 valence electrons. The van der Waals surface area contributed by atoms with E-state index >= 15 is 0 Å². The lowest BCUT2D eigenvalue weighted by Crippen LogP contribution is -2.16. The normalized spacial score (nSPS) is 22.6. The number of aryl methyl sites for hydroxylation is 1. The lowest BCUT2D eigenvalue weighted by Gasteiger charge is -2.26. The Bertz CT molecular complexity index is 865. The first-order chi connectivity index (χ1) is 10.7. The van der Waals surface area contributed by atoms with Crippen LogP contribution in [-0.2, 0) is 6.42 Å². The van der Waals surface area contributed by atoms with Crippen LogP contribution >= 0.6 is 11.3 Å². The van der Waals surface area contributed by atoms with E-state index in [2.05, 4.69) is 32.4 Å². The molecule has 0 spiro atoms. The van der Waals surface area contributed by atoms with E-state index in [1.807, 2.05) is 0 Å². The minimum Gasteiger partial charge on any atom is -0.265 e. The van der Waals surface area contributed by atoms with Crippen molar-refractivity contribution in [1.29, 1.82) is 0 Å². The van der Waals surface area contributed by atoms with Gasteiger partial charge in [-0.3, -0.25) is 9.89 Å². The molecular formula is C14H18N6OS. The Kier molecular flexibility index (Phi) is 3.40. The quantitative estimate of drug-likeness (QED) is 0.799. The summed E-state index contributed by atoms with van der Waals surface area (Å²) < 4.78 is 1.37. The Hall–Kier alpha value is -1.83. The van der Waals surface area contributed by atoms with Crippen molar-refractivity contribution in [3.05, 3.63) is 15.4 Å². The molecule has 7 nitrogen and oxygen atoms in total. The first-order valence-electron chi connectivity index (χ1n) is 7.80. The van der Waals surface area contributed by atoms with E-state index < -0.39 is 0 Å². The molecule has 1 aliphatic carbocycles. The maximum absolute atomic E-state index is 12.3. The van der Waals surface area contributed by atoms with Gasteiger partial charge in [0.15, 0.2) is 5.52 Å². The van der Waals surface area contributed by atoms with Gasteiger partial charge in [0.2, 0.25) is 10.6 Å². The van der Waals surface area contributed by atoms with Crippen molar-refractivity contribution < 1.29 is 0 Å². The highest BCUT2D eigenvalue weighted by atomic mass is 32.1. The van der Waals surface area contributed by atoms with Gasteiger partial charge in [0.05, 0.1) is 0 Å². The molecule has 3 aromatic rings. The molecule has 0 unspecified atom stereocenters. The maximum Gasteiger partial charge on any atom is 0.302 e. The summed E-state index contributed by atoms with van der Waals surface area (Å²) in [6, 6.07) is 0. The SMILES string of the molecule is C[C@H]1CCC[C@@H](CCc2nn3c(=O)c4[nH]nnc4nc3s2)C1. The third kappa shape index (κ3) is 2.41. The van der Waals surface area contributed by atoms with Gasteiger partial charge in [0.25, 0.3) is 0 Å². The van der Waals surface area contributed by atoms with Gasteiger partial charge in [-0.15, -0.1) is 5.10 Å². The van der Waals surface area contributed by atoms with Crippen molar-refractivity contribution >= 4 is 27.5 Å². The molecule has 3 aromatic heterocycles. The first kappa shape index (κ1) is 13.8. The second kappa shape index (κ2) is 5.42. The molecule has 0 bridgehead atoms. The van der Waals surface area contributed by atoms with E-state index in [0.717, 1.165) is 29.7 Å². The summed E-state index contributed by atoms with van der Waals surface area (Å²) in [7, 11) is 0. The molecule has 0 amide bonds. The second-order valence-electron chi connectivity index (χ2n) is 6.29. The number of aromatic nitrogens is 6. The first-order valence-corrected chi connectivity index (χ1v) is 8.62. The molecule has 3 heterocycles. The van der Waals surface area contributed by atoms with Crippen LogP contribution in [-0.4, -0.2) is 30.0 Å².